The molecule has 0 atom stereocenters. The molecule has 7 nitrogen and oxygen atoms in total. The summed E-state index contributed by atoms with van der Waals surface area (Å²) >= 11 is 2.13. The molecule has 0 aromatic heterocycles. The molecule has 1 aliphatic heterocycles. The molecule has 1 fully saturated rings. The molecule has 0 unspecified atom stereocenters. The smallest absolute Gasteiger partial charge is 0.409 e. The summed E-state index contributed by atoms with van der Waals surface area (Å²) in [6.07, 6.45) is 0.408. The average molecular weight is 490 g/mol. The fraction of sp³-hybridized carbons (Fsp3) is 0.579. The van der Waals surface area contributed by atoms with Crippen LogP contribution in [0, 0.1) is 9.49 Å². The number of rotatable bonds is 5. The third-order valence-electron chi connectivity index (χ3n) is 4.29. The van der Waals surface area contributed by atoms with E-state index in [0.29, 0.717) is 62.2 Å². The van der Waals surface area contributed by atoms with Gasteiger partial charge in [0, 0.05) is 29.7 Å². The first-order valence-electron chi connectivity index (χ1n) is 8.99. The lowest BCUT2D eigenvalue weighted by molar-refractivity contribution is 0.0745. The second-order valence-corrected chi connectivity index (χ2v) is 7.95. The standard InChI is InChI=1S/C19H27IN2O5/c1-13(2)12-27-19(24)22-7-5-6-21(8-9-22)18(23)14-10-16(25-3)17(26-4)11-15(14)20/h10-11,13H,5-9,12H2,1-4H3. The molecule has 27 heavy (non-hydrogen) atoms. The number of carbonyl (C=O) groups excluding carboxylic acids is 2. The van der Waals surface area contributed by atoms with Gasteiger partial charge >= 0.3 is 6.09 Å². The van der Waals surface area contributed by atoms with Gasteiger partial charge in [0.05, 0.1) is 26.4 Å². The summed E-state index contributed by atoms with van der Waals surface area (Å²) in [5.41, 5.74) is 0.573. The molecule has 1 saturated heterocycles. The van der Waals surface area contributed by atoms with Gasteiger partial charge in [0.15, 0.2) is 11.5 Å². The minimum absolute atomic E-state index is 0.0715. The van der Waals surface area contributed by atoms with Gasteiger partial charge in [-0.25, -0.2) is 4.79 Å². The minimum Gasteiger partial charge on any atom is -0.493 e. The molecule has 0 spiro atoms. The summed E-state index contributed by atoms with van der Waals surface area (Å²) in [4.78, 5) is 28.7. The van der Waals surface area contributed by atoms with Crippen LogP contribution in [0.5, 0.6) is 11.5 Å². The number of methoxy groups -OCH3 is 2. The molecule has 0 saturated carbocycles. The lowest BCUT2D eigenvalue weighted by atomic mass is 10.1. The van der Waals surface area contributed by atoms with Gasteiger partial charge in [0.2, 0.25) is 0 Å². The summed E-state index contributed by atoms with van der Waals surface area (Å²) in [6, 6.07) is 3.50. The minimum atomic E-state index is -0.307. The van der Waals surface area contributed by atoms with E-state index in [4.69, 9.17) is 14.2 Å². The van der Waals surface area contributed by atoms with E-state index in [1.54, 1.807) is 36.2 Å². The Morgan fingerprint density at radius 3 is 2.26 bits per heavy atom. The summed E-state index contributed by atoms with van der Waals surface area (Å²) < 4.78 is 16.7. The maximum atomic E-state index is 13.0. The molecular formula is C19H27IN2O5. The van der Waals surface area contributed by atoms with Gasteiger partial charge in [-0.05, 0) is 47.1 Å². The predicted molar refractivity (Wildman–Crippen MR) is 111 cm³/mol. The molecule has 0 N–H and O–H groups in total. The molecule has 2 amide bonds. The second kappa shape index (κ2) is 10.0. The Hall–Kier alpha value is -1.71. The lowest BCUT2D eigenvalue weighted by Crippen LogP contribution is -2.38. The Labute approximate surface area is 174 Å². The Kier molecular flexibility index (Phi) is 8.00. The lowest BCUT2D eigenvalue weighted by Gasteiger charge is -2.23. The van der Waals surface area contributed by atoms with Gasteiger partial charge in [-0.1, -0.05) is 13.8 Å². The van der Waals surface area contributed by atoms with Crippen LogP contribution >= 0.6 is 22.6 Å². The van der Waals surface area contributed by atoms with Crippen molar-refractivity contribution in [3.8, 4) is 11.5 Å². The largest absolute Gasteiger partial charge is 0.493 e. The topological polar surface area (TPSA) is 68.3 Å². The van der Waals surface area contributed by atoms with Crippen LogP contribution in [-0.4, -0.2) is 68.8 Å². The first-order chi connectivity index (χ1) is 12.9. The molecule has 1 aliphatic rings. The fourth-order valence-corrected chi connectivity index (χ4v) is 3.49. The van der Waals surface area contributed by atoms with Gasteiger partial charge in [0.25, 0.3) is 5.91 Å². The molecule has 8 heteroatoms. The van der Waals surface area contributed by atoms with Crippen LogP contribution in [-0.2, 0) is 4.74 Å². The van der Waals surface area contributed by atoms with Crippen molar-refractivity contribution in [3.05, 3.63) is 21.3 Å². The summed E-state index contributed by atoms with van der Waals surface area (Å²) in [5.74, 6) is 1.34. The zero-order valence-corrected chi connectivity index (χ0v) is 18.4. The zero-order chi connectivity index (χ0) is 20.0. The van der Waals surface area contributed by atoms with Crippen molar-refractivity contribution >= 4 is 34.6 Å². The molecule has 1 aromatic rings. The highest BCUT2D eigenvalue weighted by molar-refractivity contribution is 14.1. The maximum absolute atomic E-state index is 13.0. The number of hydrogen-bond acceptors (Lipinski definition) is 5. The second-order valence-electron chi connectivity index (χ2n) is 6.79. The number of carbonyl (C=O) groups is 2. The van der Waals surface area contributed by atoms with E-state index in [1.165, 1.54) is 0 Å². The summed E-state index contributed by atoms with van der Waals surface area (Å²) in [6.45, 7) is 6.52. The van der Waals surface area contributed by atoms with Gasteiger partial charge in [-0.2, -0.15) is 0 Å². The van der Waals surface area contributed by atoms with E-state index in [1.807, 2.05) is 13.8 Å². The monoisotopic (exact) mass is 490 g/mol. The summed E-state index contributed by atoms with van der Waals surface area (Å²) in [7, 11) is 3.11. The highest BCUT2D eigenvalue weighted by Crippen LogP contribution is 2.32. The first-order valence-corrected chi connectivity index (χ1v) is 10.1. The third kappa shape index (κ3) is 5.63. The summed E-state index contributed by atoms with van der Waals surface area (Å²) in [5, 5.41) is 0. The Bertz CT molecular complexity index is 680. The average Bonchev–Trinajstić information content (AvgIpc) is 2.91. The third-order valence-corrected chi connectivity index (χ3v) is 5.18. The van der Waals surface area contributed by atoms with Crippen LogP contribution < -0.4 is 9.47 Å². The number of benzene rings is 1. The van der Waals surface area contributed by atoms with Crippen LogP contribution in [0.2, 0.25) is 0 Å². The van der Waals surface area contributed by atoms with E-state index in [2.05, 4.69) is 22.6 Å². The van der Waals surface area contributed by atoms with Gasteiger partial charge in [-0.15, -0.1) is 0 Å². The fourth-order valence-electron chi connectivity index (χ4n) is 2.82. The van der Waals surface area contributed by atoms with Crippen molar-refractivity contribution in [1.82, 2.24) is 9.80 Å². The van der Waals surface area contributed by atoms with Gasteiger partial charge < -0.3 is 24.0 Å². The number of amides is 2. The molecule has 150 valence electrons. The first kappa shape index (κ1) is 21.6. The highest BCUT2D eigenvalue weighted by Gasteiger charge is 2.25. The Balaban J connectivity index is 2.07. The van der Waals surface area contributed by atoms with Crippen LogP contribution in [0.1, 0.15) is 30.6 Å². The van der Waals surface area contributed by atoms with E-state index in [0.717, 1.165) is 3.57 Å². The van der Waals surface area contributed by atoms with Crippen molar-refractivity contribution in [1.29, 1.82) is 0 Å². The van der Waals surface area contributed by atoms with Crippen molar-refractivity contribution in [2.75, 3.05) is 47.0 Å². The molecule has 1 heterocycles. The number of nitrogens with zero attached hydrogens (tertiary/aromatic N) is 2. The molecule has 0 radical (unpaired) electrons. The maximum Gasteiger partial charge on any atom is 0.409 e. The number of ether oxygens (including phenoxy) is 3. The van der Waals surface area contributed by atoms with E-state index in [9.17, 15) is 9.59 Å². The SMILES string of the molecule is COc1cc(I)c(C(=O)N2CCCN(C(=O)OCC(C)C)CC2)cc1OC. The quantitative estimate of drug-likeness (QED) is 0.593. The highest BCUT2D eigenvalue weighted by atomic mass is 127. The van der Waals surface area contributed by atoms with Crippen molar-refractivity contribution < 1.29 is 23.8 Å². The van der Waals surface area contributed by atoms with Crippen LogP contribution in [0.25, 0.3) is 0 Å². The van der Waals surface area contributed by atoms with Gasteiger partial charge in [0.1, 0.15) is 0 Å². The van der Waals surface area contributed by atoms with Crippen molar-refractivity contribution in [3.63, 3.8) is 0 Å². The van der Waals surface area contributed by atoms with E-state index < -0.39 is 0 Å². The molecule has 0 bridgehead atoms. The van der Waals surface area contributed by atoms with E-state index >= 15 is 0 Å². The molecule has 1 aromatic carbocycles. The van der Waals surface area contributed by atoms with Crippen LogP contribution in [0.15, 0.2) is 12.1 Å². The van der Waals surface area contributed by atoms with Crippen molar-refractivity contribution in [2.24, 2.45) is 5.92 Å². The molecule has 0 aliphatic carbocycles. The van der Waals surface area contributed by atoms with Gasteiger partial charge in [-0.3, -0.25) is 4.79 Å². The number of hydrogen-bond donors (Lipinski definition) is 0. The van der Waals surface area contributed by atoms with Crippen LogP contribution in [0.4, 0.5) is 4.79 Å². The Morgan fingerprint density at radius 2 is 1.63 bits per heavy atom. The molecular weight excluding hydrogens is 463 g/mol. The van der Waals surface area contributed by atoms with Crippen molar-refractivity contribution in [2.45, 2.75) is 20.3 Å². The van der Waals surface area contributed by atoms with E-state index in [-0.39, 0.29) is 12.0 Å². The molecule has 2 rings (SSSR count). The predicted octanol–water partition coefficient (Wildman–Crippen LogP) is 3.25. The zero-order valence-electron chi connectivity index (χ0n) is 16.3. The Morgan fingerprint density at radius 1 is 1.04 bits per heavy atom. The normalized spacial score (nSPS) is 14.7. The number of halogens is 1. The van der Waals surface area contributed by atoms with Crippen LogP contribution in [0.3, 0.4) is 0 Å².